The summed E-state index contributed by atoms with van der Waals surface area (Å²) in [6.07, 6.45) is 1.33. The molecule has 2 rings (SSSR count). The first-order valence-electron chi connectivity index (χ1n) is 8.13. The van der Waals surface area contributed by atoms with E-state index in [4.69, 9.17) is 4.74 Å². The van der Waals surface area contributed by atoms with Crippen molar-refractivity contribution in [1.29, 1.82) is 0 Å². The Labute approximate surface area is 142 Å². The number of carbonyl (C=O) groups is 1. The van der Waals surface area contributed by atoms with Crippen molar-refractivity contribution in [3.63, 3.8) is 0 Å². The van der Waals surface area contributed by atoms with Gasteiger partial charge in [-0.15, -0.1) is 11.3 Å². The second-order valence-corrected chi connectivity index (χ2v) is 6.88. The topological polar surface area (TPSA) is 29.5 Å². The van der Waals surface area contributed by atoms with Gasteiger partial charge in [0.2, 0.25) is 5.91 Å². The van der Waals surface area contributed by atoms with Gasteiger partial charge in [0, 0.05) is 22.9 Å². The van der Waals surface area contributed by atoms with Gasteiger partial charge in [-0.3, -0.25) is 4.79 Å². The second kappa shape index (κ2) is 9.48. The summed E-state index contributed by atoms with van der Waals surface area (Å²) in [6.45, 7) is 6.63. The van der Waals surface area contributed by atoms with E-state index < -0.39 is 0 Å². The Morgan fingerprint density at radius 2 is 1.96 bits per heavy atom. The summed E-state index contributed by atoms with van der Waals surface area (Å²) in [5.41, 5.74) is 1.26. The normalized spacial score (nSPS) is 10.7. The number of aryl methyl sites for hydroxylation is 1. The third kappa shape index (κ3) is 6.16. The molecule has 0 aliphatic carbocycles. The average Bonchev–Trinajstić information content (AvgIpc) is 2.97. The molecule has 23 heavy (non-hydrogen) atoms. The molecule has 1 amide bonds. The number of rotatable bonds is 9. The lowest BCUT2D eigenvalue weighted by molar-refractivity contribution is -0.132. The molecule has 0 fully saturated rings. The molecule has 3 nitrogen and oxygen atoms in total. The second-order valence-electron chi connectivity index (χ2n) is 5.51. The summed E-state index contributed by atoms with van der Waals surface area (Å²) < 4.78 is 5.33. The van der Waals surface area contributed by atoms with Gasteiger partial charge < -0.3 is 9.64 Å². The Morgan fingerprint density at radius 3 is 2.61 bits per heavy atom. The largest absolute Gasteiger partial charge is 0.381 e. The van der Waals surface area contributed by atoms with Crippen molar-refractivity contribution in [3.05, 3.63) is 57.8 Å². The quantitative estimate of drug-likeness (QED) is 0.649. The minimum atomic E-state index is 0.167. The molecule has 0 N–H and O–H groups in total. The van der Waals surface area contributed by atoms with E-state index >= 15 is 0 Å². The third-order valence-corrected chi connectivity index (χ3v) is 4.66. The van der Waals surface area contributed by atoms with Crippen LogP contribution in [0.4, 0.5) is 0 Å². The summed E-state index contributed by atoms with van der Waals surface area (Å²) in [5.74, 6) is 0.167. The molecule has 4 heteroatoms. The number of hydrogen-bond donors (Lipinski definition) is 0. The highest BCUT2D eigenvalue weighted by Gasteiger charge is 2.14. The van der Waals surface area contributed by atoms with Gasteiger partial charge in [0.25, 0.3) is 0 Å². The highest BCUT2D eigenvalue weighted by atomic mass is 32.1. The molecule has 0 saturated heterocycles. The van der Waals surface area contributed by atoms with E-state index in [2.05, 4.69) is 31.2 Å². The molecule has 0 radical (unpaired) electrons. The van der Waals surface area contributed by atoms with Crippen molar-refractivity contribution in [2.24, 2.45) is 0 Å². The van der Waals surface area contributed by atoms with Crippen LogP contribution in [0, 0.1) is 6.92 Å². The number of carbonyl (C=O) groups excluding carboxylic acids is 1. The van der Waals surface area contributed by atoms with E-state index in [1.807, 2.05) is 30.0 Å². The fourth-order valence-corrected chi connectivity index (χ4v) is 3.33. The lowest BCUT2D eigenvalue weighted by Crippen LogP contribution is -2.32. The zero-order chi connectivity index (χ0) is 16.5. The average molecular weight is 331 g/mol. The van der Waals surface area contributed by atoms with E-state index in [0.717, 1.165) is 13.0 Å². The number of nitrogens with zero attached hydrogens (tertiary/aromatic N) is 1. The minimum absolute atomic E-state index is 0.167. The number of ether oxygens (including phenoxy) is 1. The molecular weight excluding hydrogens is 306 g/mol. The van der Waals surface area contributed by atoms with Crippen molar-refractivity contribution >= 4 is 17.2 Å². The molecule has 1 aromatic carbocycles. The molecule has 124 valence electrons. The van der Waals surface area contributed by atoms with E-state index in [0.29, 0.717) is 26.2 Å². The van der Waals surface area contributed by atoms with E-state index in [1.54, 1.807) is 11.3 Å². The van der Waals surface area contributed by atoms with Crippen LogP contribution in [0.3, 0.4) is 0 Å². The molecular formula is C19H25NO2S. The molecule has 0 spiro atoms. The number of benzene rings is 1. The summed E-state index contributed by atoms with van der Waals surface area (Å²) in [7, 11) is 0. The first-order chi connectivity index (χ1) is 11.2. The van der Waals surface area contributed by atoms with Crippen LogP contribution in [0.2, 0.25) is 0 Å². The van der Waals surface area contributed by atoms with Crippen LogP contribution in [0.5, 0.6) is 0 Å². The maximum absolute atomic E-state index is 12.5. The number of hydrogen-bond acceptors (Lipinski definition) is 3. The van der Waals surface area contributed by atoms with Gasteiger partial charge in [-0.25, -0.2) is 0 Å². The molecule has 2 aromatic rings. The van der Waals surface area contributed by atoms with Crippen LogP contribution in [0.15, 0.2) is 42.5 Å². The lowest BCUT2D eigenvalue weighted by atomic mass is 10.1. The minimum Gasteiger partial charge on any atom is -0.381 e. The standard InChI is InChI=1S/C19H25NO2S/c1-3-22-14-12-19(21)20(15-18-10-9-16(2)23-18)13-11-17-7-5-4-6-8-17/h4-10H,3,11-15H2,1-2H3. The maximum Gasteiger partial charge on any atom is 0.225 e. The highest BCUT2D eigenvalue weighted by molar-refractivity contribution is 7.11. The van der Waals surface area contributed by atoms with Crippen molar-refractivity contribution in [1.82, 2.24) is 4.90 Å². The van der Waals surface area contributed by atoms with Gasteiger partial charge in [-0.05, 0) is 38.0 Å². The molecule has 0 bridgehead atoms. The first kappa shape index (κ1) is 17.7. The van der Waals surface area contributed by atoms with Crippen LogP contribution < -0.4 is 0 Å². The molecule has 0 aliphatic heterocycles. The molecule has 0 aliphatic rings. The Hall–Kier alpha value is -1.65. The van der Waals surface area contributed by atoms with Gasteiger partial charge in [-0.2, -0.15) is 0 Å². The molecule has 1 aromatic heterocycles. The van der Waals surface area contributed by atoms with Crippen LogP contribution in [-0.4, -0.2) is 30.6 Å². The van der Waals surface area contributed by atoms with Gasteiger partial charge in [0.1, 0.15) is 0 Å². The van der Waals surface area contributed by atoms with E-state index in [9.17, 15) is 4.79 Å². The van der Waals surface area contributed by atoms with Gasteiger partial charge >= 0.3 is 0 Å². The van der Waals surface area contributed by atoms with Crippen molar-refractivity contribution in [3.8, 4) is 0 Å². The Bertz CT molecular complexity index is 594. The third-order valence-electron chi connectivity index (χ3n) is 3.67. The SMILES string of the molecule is CCOCCC(=O)N(CCc1ccccc1)Cc1ccc(C)s1. The molecule has 1 heterocycles. The summed E-state index contributed by atoms with van der Waals surface area (Å²) in [6, 6.07) is 14.5. The summed E-state index contributed by atoms with van der Waals surface area (Å²) in [4.78, 5) is 17.0. The van der Waals surface area contributed by atoms with Crippen LogP contribution >= 0.6 is 11.3 Å². The van der Waals surface area contributed by atoms with Gasteiger partial charge in [0.15, 0.2) is 0 Å². The summed E-state index contributed by atoms with van der Waals surface area (Å²) >= 11 is 1.76. The zero-order valence-corrected chi connectivity index (χ0v) is 14.8. The van der Waals surface area contributed by atoms with Crippen molar-refractivity contribution in [2.75, 3.05) is 19.8 Å². The van der Waals surface area contributed by atoms with Gasteiger partial charge in [-0.1, -0.05) is 30.3 Å². The Morgan fingerprint density at radius 1 is 1.17 bits per heavy atom. The highest BCUT2D eigenvalue weighted by Crippen LogP contribution is 2.18. The van der Waals surface area contributed by atoms with Crippen molar-refractivity contribution in [2.45, 2.75) is 33.2 Å². The summed E-state index contributed by atoms with van der Waals surface area (Å²) in [5, 5.41) is 0. The van der Waals surface area contributed by atoms with E-state index in [1.165, 1.54) is 15.3 Å². The predicted octanol–water partition coefficient (Wildman–Crippen LogP) is 4.05. The first-order valence-corrected chi connectivity index (χ1v) is 8.95. The maximum atomic E-state index is 12.5. The zero-order valence-electron chi connectivity index (χ0n) is 14.0. The van der Waals surface area contributed by atoms with Crippen molar-refractivity contribution < 1.29 is 9.53 Å². The molecule has 0 saturated carbocycles. The Kier molecular flexibility index (Phi) is 7.30. The Balaban J connectivity index is 1.96. The number of thiophene rings is 1. The van der Waals surface area contributed by atoms with E-state index in [-0.39, 0.29) is 5.91 Å². The van der Waals surface area contributed by atoms with Crippen LogP contribution in [0.1, 0.15) is 28.7 Å². The molecule has 0 unspecified atom stereocenters. The predicted molar refractivity (Wildman–Crippen MR) is 95.7 cm³/mol. The number of amides is 1. The molecule has 0 atom stereocenters. The van der Waals surface area contributed by atoms with Crippen LogP contribution in [0.25, 0.3) is 0 Å². The smallest absolute Gasteiger partial charge is 0.225 e. The van der Waals surface area contributed by atoms with Gasteiger partial charge in [0.05, 0.1) is 19.6 Å². The fourth-order valence-electron chi connectivity index (χ4n) is 2.42. The van der Waals surface area contributed by atoms with Crippen LogP contribution in [-0.2, 0) is 22.5 Å². The lowest BCUT2D eigenvalue weighted by Gasteiger charge is -2.22. The monoisotopic (exact) mass is 331 g/mol. The fraction of sp³-hybridized carbons (Fsp3) is 0.421.